The van der Waals surface area contributed by atoms with Gasteiger partial charge in [0.05, 0.1) is 23.9 Å². The van der Waals surface area contributed by atoms with E-state index in [0.29, 0.717) is 18.1 Å². The van der Waals surface area contributed by atoms with Crippen molar-refractivity contribution in [2.24, 2.45) is 5.92 Å². The first-order chi connectivity index (χ1) is 12.7. The van der Waals surface area contributed by atoms with E-state index in [9.17, 15) is 4.79 Å². The lowest BCUT2D eigenvalue weighted by Gasteiger charge is -2.32. The Bertz CT molecular complexity index is 901. The lowest BCUT2D eigenvalue weighted by molar-refractivity contribution is 0.0635. The molecule has 0 aliphatic carbocycles. The molecule has 3 heterocycles. The number of rotatable bonds is 4. The third-order valence-electron chi connectivity index (χ3n) is 4.97. The van der Waals surface area contributed by atoms with E-state index in [4.69, 9.17) is 4.74 Å². The highest BCUT2D eigenvalue weighted by Gasteiger charge is 2.26. The van der Waals surface area contributed by atoms with Gasteiger partial charge in [-0.3, -0.25) is 4.79 Å². The minimum absolute atomic E-state index is 0.0613. The maximum atomic E-state index is 13.0. The molecule has 0 saturated carbocycles. The van der Waals surface area contributed by atoms with Crippen molar-refractivity contribution in [1.29, 1.82) is 0 Å². The molecule has 0 spiro atoms. The average molecular weight is 349 g/mol. The molecule has 0 radical (unpaired) electrons. The van der Waals surface area contributed by atoms with Crippen molar-refractivity contribution in [3.63, 3.8) is 0 Å². The van der Waals surface area contributed by atoms with Gasteiger partial charge < -0.3 is 9.64 Å². The van der Waals surface area contributed by atoms with Crippen molar-refractivity contribution in [2.75, 3.05) is 19.7 Å². The summed E-state index contributed by atoms with van der Waals surface area (Å²) in [6.07, 6.45) is 5.63. The number of likely N-dealkylation sites (tertiary alicyclic amines) is 1. The van der Waals surface area contributed by atoms with Gasteiger partial charge in [-0.15, -0.1) is 0 Å². The Morgan fingerprint density at radius 1 is 1.23 bits per heavy atom. The van der Waals surface area contributed by atoms with Crippen LogP contribution in [0.2, 0.25) is 0 Å². The van der Waals surface area contributed by atoms with Gasteiger partial charge >= 0.3 is 0 Å². The molecule has 134 valence electrons. The summed E-state index contributed by atoms with van der Waals surface area (Å²) in [4.78, 5) is 14.9. The Kier molecular flexibility index (Phi) is 4.61. The molecule has 1 saturated heterocycles. The van der Waals surface area contributed by atoms with E-state index in [1.54, 1.807) is 10.7 Å². The summed E-state index contributed by atoms with van der Waals surface area (Å²) in [5.41, 5.74) is 2.75. The molecule has 1 aliphatic heterocycles. The normalized spacial score (nSPS) is 17.4. The van der Waals surface area contributed by atoms with Gasteiger partial charge in [-0.05, 0) is 44.0 Å². The van der Waals surface area contributed by atoms with Gasteiger partial charge in [0.15, 0.2) is 0 Å². The van der Waals surface area contributed by atoms with Crippen molar-refractivity contribution in [3.05, 3.63) is 66.0 Å². The van der Waals surface area contributed by atoms with Crippen LogP contribution in [0.3, 0.4) is 0 Å². The number of fused-ring (bicyclic) bond motifs is 1. The van der Waals surface area contributed by atoms with Crippen LogP contribution in [-0.2, 0) is 0 Å². The number of carbonyl (C=O) groups excluding carboxylic acids is 1. The van der Waals surface area contributed by atoms with E-state index < -0.39 is 0 Å². The highest BCUT2D eigenvalue weighted by Crippen LogP contribution is 2.22. The van der Waals surface area contributed by atoms with Gasteiger partial charge in [0.1, 0.15) is 5.75 Å². The number of aryl methyl sites for hydroxylation is 1. The summed E-state index contributed by atoms with van der Waals surface area (Å²) in [5, 5.41) is 4.28. The van der Waals surface area contributed by atoms with Gasteiger partial charge in [-0.25, -0.2) is 4.52 Å². The quantitative estimate of drug-likeness (QED) is 0.723. The van der Waals surface area contributed by atoms with Gasteiger partial charge in [0.25, 0.3) is 5.91 Å². The molecule has 0 bridgehead atoms. The molecule has 2 aromatic heterocycles. The number of hydrogen-bond donors (Lipinski definition) is 0. The largest absolute Gasteiger partial charge is 0.493 e. The maximum absolute atomic E-state index is 13.0. The van der Waals surface area contributed by atoms with Crippen molar-refractivity contribution < 1.29 is 9.53 Å². The minimum Gasteiger partial charge on any atom is -0.493 e. The number of pyridine rings is 1. The highest BCUT2D eigenvalue weighted by atomic mass is 16.5. The molecule has 5 heteroatoms. The smallest absolute Gasteiger partial charge is 0.257 e. The molecule has 3 aromatic rings. The number of amides is 1. The molecule has 4 rings (SSSR count). The third-order valence-corrected chi connectivity index (χ3v) is 4.97. The Morgan fingerprint density at radius 2 is 2.08 bits per heavy atom. The monoisotopic (exact) mass is 349 g/mol. The van der Waals surface area contributed by atoms with E-state index in [1.807, 2.05) is 41.4 Å². The average Bonchev–Trinajstić information content (AvgIpc) is 3.11. The number of carbonyl (C=O) groups is 1. The fraction of sp³-hybridized carbons (Fsp3) is 0.333. The zero-order valence-corrected chi connectivity index (χ0v) is 15.0. The Labute approximate surface area is 153 Å². The molecule has 1 fully saturated rings. The molecule has 1 aromatic carbocycles. The maximum Gasteiger partial charge on any atom is 0.257 e. The molecule has 26 heavy (non-hydrogen) atoms. The highest BCUT2D eigenvalue weighted by molar-refractivity contribution is 6.00. The second-order valence-electron chi connectivity index (χ2n) is 6.97. The first kappa shape index (κ1) is 16.6. The molecular weight excluding hydrogens is 326 g/mol. The number of nitrogens with zero attached hydrogens (tertiary/aromatic N) is 3. The molecular formula is C21H23N3O2. The third kappa shape index (κ3) is 3.43. The summed E-state index contributed by atoms with van der Waals surface area (Å²) in [6.45, 7) is 4.23. The zero-order valence-electron chi connectivity index (χ0n) is 15.0. The molecule has 0 N–H and O–H groups in total. The lowest BCUT2D eigenvalue weighted by Crippen LogP contribution is -2.41. The van der Waals surface area contributed by atoms with E-state index in [-0.39, 0.29) is 5.91 Å². The van der Waals surface area contributed by atoms with Crippen molar-refractivity contribution >= 4 is 11.4 Å². The minimum atomic E-state index is 0.0613. The number of hydrogen-bond acceptors (Lipinski definition) is 3. The van der Waals surface area contributed by atoms with Crippen LogP contribution in [0.5, 0.6) is 5.75 Å². The van der Waals surface area contributed by atoms with E-state index >= 15 is 0 Å². The Hall–Kier alpha value is -2.82. The number of aromatic nitrogens is 2. The SMILES string of the molecule is Cc1ccc(OC[C@H]2CCCN(C(=O)c3cnn4ccccc34)C2)cc1. The summed E-state index contributed by atoms with van der Waals surface area (Å²) in [6, 6.07) is 13.9. The number of piperidine rings is 1. The van der Waals surface area contributed by atoms with Crippen LogP contribution in [0, 0.1) is 12.8 Å². The van der Waals surface area contributed by atoms with E-state index in [1.165, 1.54) is 5.56 Å². The van der Waals surface area contributed by atoms with E-state index in [2.05, 4.69) is 24.2 Å². The Balaban J connectivity index is 1.41. The second-order valence-corrected chi connectivity index (χ2v) is 6.97. The second kappa shape index (κ2) is 7.20. The molecule has 1 amide bonds. The van der Waals surface area contributed by atoms with Crippen LogP contribution in [0.15, 0.2) is 54.9 Å². The molecule has 1 atom stereocenters. The fourth-order valence-electron chi connectivity index (χ4n) is 3.50. The van der Waals surface area contributed by atoms with Gasteiger partial charge in [0.2, 0.25) is 0 Å². The predicted octanol–water partition coefficient (Wildman–Crippen LogP) is 3.57. The van der Waals surface area contributed by atoms with Crippen LogP contribution in [-0.4, -0.2) is 40.1 Å². The van der Waals surface area contributed by atoms with Gasteiger partial charge in [-0.1, -0.05) is 23.8 Å². The number of ether oxygens (including phenoxy) is 1. The van der Waals surface area contributed by atoms with Crippen molar-refractivity contribution in [3.8, 4) is 5.75 Å². The van der Waals surface area contributed by atoms with Gasteiger partial charge in [0, 0.05) is 25.2 Å². The molecule has 0 unspecified atom stereocenters. The summed E-state index contributed by atoms with van der Waals surface area (Å²) < 4.78 is 7.68. The number of benzene rings is 1. The van der Waals surface area contributed by atoms with Crippen molar-refractivity contribution in [1.82, 2.24) is 14.5 Å². The van der Waals surface area contributed by atoms with Crippen molar-refractivity contribution in [2.45, 2.75) is 19.8 Å². The van der Waals surface area contributed by atoms with E-state index in [0.717, 1.165) is 37.2 Å². The van der Waals surface area contributed by atoms with Gasteiger partial charge in [-0.2, -0.15) is 5.10 Å². The summed E-state index contributed by atoms with van der Waals surface area (Å²) >= 11 is 0. The van der Waals surface area contributed by atoms with Crippen LogP contribution in [0.25, 0.3) is 5.52 Å². The van der Waals surface area contributed by atoms with Crippen LogP contribution in [0.4, 0.5) is 0 Å². The van der Waals surface area contributed by atoms with Crippen LogP contribution in [0.1, 0.15) is 28.8 Å². The standard InChI is InChI=1S/C21H23N3O2/c1-16-7-9-18(10-8-16)26-15-17-5-4-11-23(14-17)21(25)19-13-22-24-12-3-2-6-20(19)24/h2-3,6-10,12-13,17H,4-5,11,14-15H2,1H3/t17-/m0/s1. The summed E-state index contributed by atoms with van der Waals surface area (Å²) in [5.74, 6) is 1.31. The fourth-order valence-corrected chi connectivity index (χ4v) is 3.50. The first-order valence-electron chi connectivity index (χ1n) is 9.12. The predicted molar refractivity (Wildman–Crippen MR) is 100 cm³/mol. The van der Waals surface area contributed by atoms with Crippen LogP contribution >= 0.6 is 0 Å². The first-order valence-corrected chi connectivity index (χ1v) is 9.12. The Morgan fingerprint density at radius 3 is 2.92 bits per heavy atom. The lowest BCUT2D eigenvalue weighted by atomic mass is 9.98. The molecule has 1 aliphatic rings. The topological polar surface area (TPSA) is 46.8 Å². The summed E-state index contributed by atoms with van der Waals surface area (Å²) in [7, 11) is 0. The van der Waals surface area contributed by atoms with Crippen LogP contribution < -0.4 is 4.74 Å². The zero-order chi connectivity index (χ0) is 17.9. The molecule has 5 nitrogen and oxygen atoms in total.